The molecule has 0 radical (unpaired) electrons. The van der Waals surface area contributed by atoms with E-state index in [0.717, 1.165) is 0 Å². The summed E-state index contributed by atoms with van der Waals surface area (Å²) < 4.78 is 2.41. The Morgan fingerprint density at radius 2 is 1.62 bits per heavy atom. The third kappa shape index (κ3) is 2.81. The van der Waals surface area contributed by atoms with Gasteiger partial charge in [0, 0.05) is 27.5 Å². The van der Waals surface area contributed by atoms with Gasteiger partial charge in [-0.15, -0.1) is 0 Å². The van der Waals surface area contributed by atoms with Crippen LogP contribution in [0.1, 0.15) is 0 Å². The Kier molecular flexibility index (Phi) is 3.72. The summed E-state index contributed by atoms with van der Waals surface area (Å²) >= 11 is 1.85. The number of para-hydroxylation sites is 1. The number of rotatable bonds is 3. The molecule has 21 heavy (non-hydrogen) atoms. The van der Waals surface area contributed by atoms with Crippen LogP contribution < -0.4 is 5.32 Å². The van der Waals surface area contributed by atoms with Gasteiger partial charge in [-0.25, -0.2) is 0 Å². The lowest BCUT2D eigenvalue weighted by Gasteiger charge is -2.18. The summed E-state index contributed by atoms with van der Waals surface area (Å²) in [6.45, 7) is 7.22. The molecule has 0 spiro atoms. The van der Waals surface area contributed by atoms with Crippen molar-refractivity contribution in [1.82, 2.24) is 4.57 Å². The number of aromatic nitrogens is 1. The van der Waals surface area contributed by atoms with Gasteiger partial charge in [-0.2, -0.15) is 0 Å². The van der Waals surface area contributed by atoms with E-state index in [0.29, 0.717) is 0 Å². The molecule has 0 saturated heterocycles. The van der Waals surface area contributed by atoms with Gasteiger partial charge >= 0.3 is 0 Å². The smallest absolute Gasteiger partial charge is 0.0984 e. The Morgan fingerprint density at radius 3 is 2.29 bits per heavy atom. The van der Waals surface area contributed by atoms with Crippen LogP contribution in [0.4, 0.5) is 0 Å². The fourth-order valence-corrected chi connectivity index (χ4v) is 5.55. The number of hydrogen-bond acceptors (Lipinski definition) is 1. The second kappa shape index (κ2) is 5.39. The van der Waals surface area contributed by atoms with Crippen molar-refractivity contribution in [3.63, 3.8) is 0 Å². The first kappa shape index (κ1) is 14.5. The van der Waals surface area contributed by atoms with Crippen molar-refractivity contribution < 1.29 is 0 Å². The van der Waals surface area contributed by atoms with E-state index in [1.807, 2.05) is 11.8 Å². The Labute approximate surface area is 132 Å². The van der Waals surface area contributed by atoms with Crippen LogP contribution in [0.2, 0.25) is 19.6 Å². The average Bonchev–Trinajstić information content (AvgIpc) is 2.78. The second-order valence-electron chi connectivity index (χ2n) is 6.45. The van der Waals surface area contributed by atoms with E-state index >= 15 is 0 Å². The molecule has 3 aromatic rings. The van der Waals surface area contributed by atoms with Gasteiger partial charge in [0.05, 0.1) is 13.6 Å². The van der Waals surface area contributed by atoms with E-state index in [1.54, 1.807) is 0 Å². The molecule has 1 aromatic heterocycles. The highest BCUT2D eigenvalue weighted by molar-refractivity contribution is 7.99. The lowest BCUT2D eigenvalue weighted by atomic mass is 10.2. The lowest BCUT2D eigenvalue weighted by Crippen LogP contribution is -2.41. The Morgan fingerprint density at radius 1 is 0.905 bits per heavy atom. The summed E-state index contributed by atoms with van der Waals surface area (Å²) in [4.78, 5) is 2.63. The third-order valence-electron chi connectivity index (χ3n) is 3.76. The SMILES string of the molecule is Cn1c([Si](C)(C)C)cc2cccc(Sc3ccccc3)c21. The molecule has 3 rings (SSSR count). The molecule has 0 bridgehead atoms. The quantitative estimate of drug-likeness (QED) is 0.624. The van der Waals surface area contributed by atoms with Crippen molar-refractivity contribution in [2.45, 2.75) is 29.4 Å². The Balaban J connectivity index is 2.14. The molecular weight excluding hydrogens is 290 g/mol. The summed E-state index contributed by atoms with van der Waals surface area (Å²) in [5, 5.41) is 2.87. The topological polar surface area (TPSA) is 4.93 Å². The van der Waals surface area contributed by atoms with Crippen LogP contribution >= 0.6 is 11.8 Å². The summed E-state index contributed by atoms with van der Waals surface area (Å²) in [6.07, 6.45) is 0. The maximum absolute atomic E-state index is 2.41. The summed E-state index contributed by atoms with van der Waals surface area (Å²) in [5.41, 5.74) is 1.36. The highest BCUT2D eigenvalue weighted by atomic mass is 32.2. The van der Waals surface area contributed by atoms with E-state index in [-0.39, 0.29) is 0 Å². The van der Waals surface area contributed by atoms with Crippen LogP contribution in [0.3, 0.4) is 0 Å². The minimum atomic E-state index is -1.32. The normalized spacial score (nSPS) is 12.0. The Hall–Kier alpha value is -1.45. The van der Waals surface area contributed by atoms with Crippen LogP contribution in [-0.2, 0) is 7.05 Å². The first-order valence-electron chi connectivity index (χ1n) is 7.28. The average molecular weight is 312 g/mol. The van der Waals surface area contributed by atoms with Crippen LogP contribution in [0, 0.1) is 0 Å². The van der Waals surface area contributed by atoms with Crippen molar-refractivity contribution in [2.24, 2.45) is 7.05 Å². The van der Waals surface area contributed by atoms with Gasteiger partial charge in [-0.3, -0.25) is 0 Å². The zero-order valence-electron chi connectivity index (χ0n) is 13.1. The first-order chi connectivity index (χ1) is 9.97. The second-order valence-corrected chi connectivity index (χ2v) is 12.6. The van der Waals surface area contributed by atoms with E-state index < -0.39 is 8.07 Å². The molecule has 0 saturated carbocycles. The zero-order chi connectivity index (χ0) is 15.0. The van der Waals surface area contributed by atoms with Crippen molar-refractivity contribution in [1.29, 1.82) is 0 Å². The van der Waals surface area contributed by atoms with Crippen LogP contribution in [-0.4, -0.2) is 12.6 Å². The van der Waals surface area contributed by atoms with Crippen molar-refractivity contribution >= 4 is 36.1 Å². The molecule has 1 heterocycles. The molecule has 0 aliphatic heterocycles. The summed E-state index contributed by atoms with van der Waals surface area (Å²) in [5.74, 6) is 0. The molecule has 0 fully saturated rings. The number of fused-ring (bicyclic) bond motifs is 1. The maximum atomic E-state index is 2.41. The molecule has 1 nitrogen and oxygen atoms in total. The summed E-state index contributed by atoms with van der Waals surface area (Å²) in [7, 11) is 0.891. The number of nitrogens with zero attached hydrogens (tertiary/aromatic N) is 1. The molecule has 0 amide bonds. The third-order valence-corrected chi connectivity index (χ3v) is 6.83. The van der Waals surface area contributed by atoms with Crippen molar-refractivity contribution in [3.05, 3.63) is 54.6 Å². The van der Waals surface area contributed by atoms with Crippen LogP contribution in [0.15, 0.2) is 64.4 Å². The molecule has 0 N–H and O–H groups in total. The van der Waals surface area contributed by atoms with Gasteiger partial charge < -0.3 is 4.57 Å². The monoisotopic (exact) mass is 311 g/mol. The van der Waals surface area contributed by atoms with Crippen LogP contribution in [0.25, 0.3) is 10.9 Å². The summed E-state index contributed by atoms with van der Waals surface area (Å²) in [6, 6.07) is 19.6. The highest BCUT2D eigenvalue weighted by Crippen LogP contribution is 2.33. The fourth-order valence-electron chi connectivity index (χ4n) is 2.80. The fraction of sp³-hybridized carbons (Fsp3) is 0.222. The first-order valence-corrected chi connectivity index (χ1v) is 11.6. The van der Waals surface area contributed by atoms with E-state index in [4.69, 9.17) is 0 Å². The number of aryl methyl sites for hydroxylation is 1. The number of hydrogen-bond donors (Lipinski definition) is 0. The molecule has 0 atom stereocenters. The molecule has 2 aromatic carbocycles. The minimum absolute atomic E-state index is 1.29. The van der Waals surface area contributed by atoms with Crippen LogP contribution in [0.5, 0.6) is 0 Å². The molecule has 3 heteroatoms. The van der Waals surface area contributed by atoms with Gasteiger partial charge in [-0.05, 0) is 24.3 Å². The largest absolute Gasteiger partial charge is 0.351 e. The Bertz CT molecular complexity index is 769. The molecular formula is C18H21NSSi. The predicted molar refractivity (Wildman–Crippen MR) is 96.5 cm³/mol. The number of benzene rings is 2. The maximum Gasteiger partial charge on any atom is 0.0984 e. The van der Waals surface area contributed by atoms with E-state index in [9.17, 15) is 0 Å². The van der Waals surface area contributed by atoms with Gasteiger partial charge in [0.15, 0.2) is 0 Å². The van der Waals surface area contributed by atoms with E-state index in [1.165, 1.54) is 26.0 Å². The predicted octanol–water partition coefficient (Wildman–Crippen LogP) is 4.87. The molecule has 0 aliphatic rings. The van der Waals surface area contributed by atoms with E-state index in [2.05, 4.69) is 85.9 Å². The van der Waals surface area contributed by atoms with Gasteiger partial charge in [0.2, 0.25) is 0 Å². The standard InChI is InChI=1S/C18H21NSSi/c1-19-17(21(2,3)4)13-14-9-8-12-16(18(14)19)20-15-10-6-5-7-11-15/h5-13H,1-4H3. The molecule has 0 unspecified atom stereocenters. The van der Waals surface area contributed by atoms with Gasteiger partial charge in [0.1, 0.15) is 0 Å². The molecule has 0 aliphatic carbocycles. The van der Waals surface area contributed by atoms with Gasteiger partial charge in [0.25, 0.3) is 0 Å². The highest BCUT2D eigenvalue weighted by Gasteiger charge is 2.22. The van der Waals surface area contributed by atoms with Crippen molar-refractivity contribution in [2.75, 3.05) is 0 Å². The lowest BCUT2D eigenvalue weighted by molar-refractivity contribution is 0.983. The molecule has 108 valence electrons. The van der Waals surface area contributed by atoms with Gasteiger partial charge in [-0.1, -0.05) is 61.7 Å². The van der Waals surface area contributed by atoms with Crippen molar-refractivity contribution in [3.8, 4) is 0 Å². The zero-order valence-corrected chi connectivity index (χ0v) is 14.9. The minimum Gasteiger partial charge on any atom is -0.351 e.